The minimum atomic E-state index is 0.770. The van der Waals surface area contributed by atoms with Gasteiger partial charge in [-0.15, -0.1) is 0 Å². The van der Waals surface area contributed by atoms with Crippen molar-refractivity contribution in [3.8, 4) is 0 Å². The summed E-state index contributed by atoms with van der Waals surface area (Å²) in [5, 5.41) is 2.90. The summed E-state index contributed by atoms with van der Waals surface area (Å²) in [6.45, 7) is 7.00. The molecule has 4 rings (SSSR count). The molecule has 0 bridgehead atoms. The first-order valence-corrected chi connectivity index (χ1v) is 6.91. The van der Waals surface area contributed by atoms with Gasteiger partial charge in [0.25, 0.3) is 0 Å². The summed E-state index contributed by atoms with van der Waals surface area (Å²) in [4.78, 5) is 0. The largest absolute Gasteiger partial charge is 0.0616 e. The van der Waals surface area contributed by atoms with Gasteiger partial charge in [-0.05, 0) is 71.2 Å². The van der Waals surface area contributed by atoms with E-state index < -0.39 is 0 Å². The highest BCUT2D eigenvalue weighted by Crippen LogP contribution is 2.53. The number of allylic oxidation sites excluding steroid dienone is 2. The summed E-state index contributed by atoms with van der Waals surface area (Å²) in [6, 6.07) is 8.88. The Morgan fingerprint density at radius 2 is 1.67 bits per heavy atom. The van der Waals surface area contributed by atoms with E-state index in [0.29, 0.717) is 0 Å². The molecule has 0 fully saturated rings. The molecule has 0 radical (unpaired) electrons. The van der Waals surface area contributed by atoms with E-state index in [2.05, 4.69) is 45.0 Å². The van der Waals surface area contributed by atoms with E-state index in [4.69, 9.17) is 0 Å². The number of benzene rings is 2. The molecule has 0 nitrogen and oxygen atoms in total. The highest BCUT2D eigenvalue weighted by atomic mass is 14.4. The number of fused-ring (bicyclic) bond motifs is 3. The van der Waals surface area contributed by atoms with Crippen molar-refractivity contribution in [3.05, 3.63) is 52.1 Å². The van der Waals surface area contributed by atoms with Crippen molar-refractivity contribution in [3.63, 3.8) is 0 Å². The van der Waals surface area contributed by atoms with Crippen LogP contribution in [-0.2, 0) is 6.42 Å². The zero-order valence-corrected chi connectivity index (χ0v) is 11.3. The SMILES string of the molecule is Cc1c2c(c(C)c3ccccc13)C1=C(C1)C(C)C2. The van der Waals surface area contributed by atoms with Gasteiger partial charge in [0.05, 0.1) is 0 Å². The lowest BCUT2D eigenvalue weighted by molar-refractivity contribution is 0.690. The quantitative estimate of drug-likeness (QED) is 0.614. The van der Waals surface area contributed by atoms with E-state index in [9.17, 15) is 0 Å². The molecule has 2 aliphatic carbocycles. The van der Waals surface area contributed by atoms with Gasteiger partial charge in [0.2, 0.25) is 0 Å². The Morgan fingerprint density at radius 3 is 2.39 bits per heavy atom. The maximum absolute atomic E-state index is 2.38. The Morgan fingerprint density at radius 1 is 1.00 bits per heavy atom. The van der Waals surface area contributed by atoms with Gasteiger partial charge < -0.3 is 0 Å². The zero-order chi connectivity index (χ0) is 12.4. The molecular formula is C18H18. The minimum absolute atomic E-state index is 0.770. The maximum atomic E-state index is 2.38. The smallest absolute Gasteiger partial charge is 0.00522 e. The molecule has 0 spiro atoms. The highest BCUT2D eigenvalue weighted by Gasteiger charge is 2.36. The molecule has 0 saturated heterocycles. The fraction of sp³-hybridized carbons (Fsp3) is 0.333. The average Bonchev–Trinajstić information content (AvgIpc) is 3.16. The third-order valence-corrected chi connectivity index (χ3v) is 4.90. The lowest BCUT2D eigenvalue weighted by Crippen LogP contribution is -2.07. The van der Waals surface area contributed by atoms with Crippen molar-refractivity contribution in [2.24, 2.45) is 5.92 Å². The number of hydrogen-bond acceptors (Lipinski definition) is 0. The van der Waals surface area contributed by atoms with E-state index in [0.717, 1.165) is 5.92 Å². The molecule has 2 aromatic rings. The van der Waals surface area contributed by atoms with Crippen molar-refractivity contribution < 1.29 is 0 Å². The van der Waals surface area contributed by atoms with Crippen LogP contribution in [0.2, 0.25) is 0 Å². The second-order valence-electron chi connectivity index (χ2n) is 5.93. The van der Waals surface area contributed by atoms with Crippen LogP contribution >= 0.6 is 0 Å². The molecular weight excluding hydrogens is 216 g/mol. The average molecular weight is 234 g/mol. The predicted molar refractivity (Wildman–Crippen MR) is 77.8 cm³/mol. The first-order valence-electron chi connectivity index (χ1n) is 6.91. The van der Waals surface area contributed by atoms with Crippen molar-refractivity contribution >= 4 is 16.3 Å². The van der Waals surface area contributed by atoms with Crippen molar-refractivity contribution in [2.75, 3.05) is 0 Å². The van der Waals surface area contributed by atoms with Crippen LogP contribution in [0.3, 0.4) is 0 Å². The van der Waals surface area contributed by atoms with Crippen LogP contribution in [0.5, 0.6) is 0 Å². The fourth-order valence-corrected chi connectivity index (χ4v) is 3.81. The third-order valence-electron chi connectivity index (χ3n) is 4.90. The summed E-state index contributed by atoms with van der Waals surface area (Å²) in [6.07, 6.45) is 2.51. The van der Waals surface area contributed by atoms with Gasteiger partial charge in [-0.2, -0.15) is 0 Å². The third kappa shape index (κ3) is 1.16. The molecule has 2 aliphatic rings. The Labute approximate surface area is 108 Å². The van der Waals surface area contributed by atoms with E-state index >= 15 is 0 Å². The molecule has 90 valence electrons. The second-order valence-corrected chi connectivity index (χ2v) is 5.93. The van der Waals surface area contributed by atoms with Crippen LogP contribution in [0.15, 0.2) is 29.8 Å². The van der Waals surface area contributed by atoms with Crippen LogP contribution in [-0.4, -0.2) is 0 Å². The second kappa shape index (κ2) is 3.26. The lowest BCUT2D eigenvalue weighted by atomic mass is 9.82. The Kier molecular flexibility index (Phi) is 1.88. The van der Waals surface area contributed by atoms with E-state index in [1.165, 1.54) is 34.7 Å². The fourth-order valence-electron chi connectivity index (χ4n) is 3.81. The number of hydrogen-bond donors (Lipinski definition) is 0. The summed E-state index contributed by atoms with van der Waals surface area (Å²) < 4.78 is 0. The molecule has 1 atom stereocenters. The van der Waals surface area contributed by atoms with Gasteiger partial charge in [0.15, 0.2) is 0 Å². The molecule has 0 saturated carbocycles. The molecule has 0 N–H and O–H groups in total. The topological polar surface area (TPSA) is 0 Å². The minimum Gasteiger partial charge on any atom is -0.0616 e. The predicted octanol–water partition coefficient (Wildman–Crippen LogP) is 4.81. The standard InChI is InChI=1S/C18H18/c1-10-8-16-11(2)13-6-4-5-7-14(13)12(3)18(16)17-9-15(10)17/h4-7,10H,8-9H2,1-3H3. The molecule has 0 amide bonds. The van der Waals surface area contributed by atoms with Crippen LogP contribution in [0, 0.1) is 19.8 Å². The van der Waals surface area contributed by atoms with E-state index in [-0.39, 0.29) is 0 Å². The number of rotatable bonds is 0. The van der Waals surface area contributed by atoms with E-state index in [1.54, 1.807) is 22.3 Å². The van der Waals surface area contributed by atoms with Crippen molar-refractivity contribution in [1.29, 1.82) is 0 Å². The summed E-state index contributed by atoms with van der Waals surface area (Å²) in [5.74, 6) is 0.770. The van der Waals surface area contributed by atoms with Crippen LogP contribution in [0.1, 0.15) is 35.6 Å². The molecule has 18 heavy (non-hydrogen) atoms. The van der Waals surface area contributed by atoms with Gasteiger partial charge in [0, 0.05) is 0 Å². The van der Waals surface area contributed by atoms with Gasteiger partial charge in [-0.1, -0.05) is 36.8 Å². The summed E-state index contributed by atoms with van der Waals surface area (Å²) in [5.41, 5.74) is 9.62. The van der Waals surface area contributed by atoms with Gasteiger partial charge in [-0.25, -0.2) is 0 Å². The van der Waals surface area contributed by atoms with Gasteiger partial charge in [-0.3, -0.25) is 0 Å². The monoisotopic (exact) mass is 234 g/mol. The number of aryl methyl sites for hydroxylation is 2. The summed E-state index contributed by atoms with van der Waals surface area (Å²) in [7, 11) is 0. The van der Waals surface area contributed by atoms with Crippen LogP contribution in [0.25, 0.3) is 16.3 Å². The molecule has 0 aliphatic heterocycles. The molecule has 1 unspecified atom stereocenters. The summed E-state index contributed by atoms with van der Waals surface area (Å²) >= 11 is 0. The first-order chi connectivity index (χ1) is 8.68. The Balaban J connectivity index is 2.16. The maximum Gasteiger partial charge on any atom is -0.00522 e. The Bertz CT molecular complexity index is 716. The first kappa shape index (κ1) is 10.4. The molecule has 2 aromatic carbocycles. The molecule has 0 heterocycles. The van der Waals surface area contributed by atoms with Crippen molar-refractivity contribution in [1.82, 2.24) is 0 Å². The van der Waals surface area contributed by atoms with E-state index in [1.807, 2.05) is 0 Å². The Hall–Kier alpha value is -1.56. The lowest BCUT2D eigenvalue weighted by Gasteiger charge is -2.22. The van der Waals surface area contributed by atoms with Gasteiger partial charge >= 0.3 is 0 Å². The molecule has 0 heteroatoms. The van der Waals surface area contributed by atoms with Crippen LogP contribution < -0.4 is 0 Å². The van der Waals surface area contributed by atoms with Gasteiger partial charge in [0.1, 0.15) is 0 Å². The molecule has 0 aromatic heterocycles. The van der Waals surface area contributed by atoms with Crippen molar-refractivity contribution in [2.45, 2.75) is 33.6 Å². The highest BCUT2D eigenvalue weighted by molar-refractivity contribution is 5.98. The van der Waals surface area contributed by atoms with Crippen LogP contribution in [0.4, 0.5) is 0 Å². The zero-order valence-electron chi connectivity index (χ0n) is 11.3. The normalized spacial score (nSPS) is 20.9.